The van der Waals surface area contributed by atoms with Gasteiger partial charge in [-0.05, 0) is 59.5 Å². The van der Waals surface area contributed by atoms with E-state index in [9.17, 15) is 43.3 Å². The van der Waals surface area contributed by atoms with Crippen molar-refractivity contribution in [2.45, 2.75) is 9.79 Å². The summed E-state index contributed by atoms with van der Waals surface area (Å²) >= 11 is 6.04. The Bertz CT molecular complexity index is 2450. The molecule has 0 spiro atoms. The van der Waals surface area contributed by atoms with E-state index in [0.717, 1.165) is 22.4 Å². The summed E-state index contributed by atoms with van der Waals surface area (Å²) in [5, 5.41) is 23.0. The van der Waals surface area contributed by atoms with Gasteiger partial charge in [-0.3, -0.25) is 4.55 Å². The predicted octanol–water partition coefficient (Wildman–Crippen LogP) is 4.54. The van der Waals surface area contributed by atoms with Crippen molar-refractivity contribution < 1.29 is 43.3 Å². The summed E-state index contributed by atoms with van der Waals surface area (Å²) in [6.07, 6.45) is 0. The van der Waals surface area contributed by atoms with Crippen LogP contribution >= 0.6 is 11.6 Å². The Kier molecular flexibility index (Phi) is 10.6. The Morgan fingerprint density at radius 3 is 2.08 bits per heavy atom. The summed E-state index contributed by atoms with van der Waals surface area (Å²) in [5.74, 6) is -3.24. The molecule has 0 unspecified atom stereocenters. The summed E-state index contributed by atoms with van der Waals surface area (Å²) in [6.45, 7) is 9.65. The number of nitrogens with zero attached hydrogens (tertiary/aromatic N) is 6. The summed E-state index contributed by atoms with van der Waals surface area (Å²) in [5.41, 5.74) is -0.521. The van der Waals surface area contributed by atoms with Crippen LogP contribution in [-0.4, -0.2) is 70.0 Å². The number of fused-ring (bicyclic) bond motifs is 1. The lowest BCUT2D eigenvalue weighted by Gasteiger charge is -2.21. The van der Waals surface area contributed by atoms with Gasteiger partial charge < -0.3 is 15.3 Å². The molecule has 0 aliphatic heterocycles. The van der Waals surface area contributed by atoms with Crippen LogP contribution in [0.2, 0.25) is 5.28 Å². The lowest BCUT2D eigenvalue weighted by molar-refractivity contribution is 0.472. The maximum Gasteiger partial charge on any atom is 0.296 e. The molecule has 0 saturated carbocycles. The number of nitrogens with one attached hydrogen (secondary N) is 1. The molecule has 0 atom stereocenters. The number of phenolic OH excluding ortho intramolecular Hbond substituents is 1. The molecule has 0 aliphatic carbocycles. The third-order valence-corrected chi connectivity index (χ3v) is 11.0. The first kappa shape index (κ1) is 37.0. The van der Waals surface area contributed by atoms with Gasteiger partial charge in [-0.25, -0.2) is 25.3 Å². The molecule has 0 bridgehead atoms. The van der Waals surface area contributed by atoms with E-state index in [1.54, 1.807) is 0 Å². The van der Waals surface area contributed by atoms with Crippen LogP contribution in [0, 0.1) is 0 Å². The van der Waals surface area contributed by atoms with Gasteiger partial charge in [-0.15, -0.1) is 5.11 Å². The van der Waals surface area contributed by atoms with Gasteiger partial charge in [0, 0.05) is 27.3 Å². The fourth-order valence-corrected chi connectivity index (χ4v) is 7.18. The molecule has 0 aliphatic rings. The lowest BCUT2D eigenvalue weighted by atomic mass is 10.1. The van der Waals surface area contributed by atoms with Gasteiger partial charge in [0.1, 0.15) is 22.3 Å². The fraction of sp³-hybridized carbons (Fsp3) is 0.0741. The van der Waals surface area contributed by atoms with Crippen molar-refractivity contribution in [2.75, 3.05) is 22.0 Å². The minimum atomic E-state index is -5.03. The molecule has 3 N–H and O–H groups in total. The molecule has 22 heteroatoms. The van der Waals surface area contributed by atoms with Gasteiger partial charge in [0.2, 0.25) is 17.2 Å². The second-order valence-electron chi connectivity index (χ2n) is 9.70. The minimum absolute atomic E-state index is 0.0265. The molecular weight excluding hydrogens is 746 g/mol. The number of azo groups is 1. The number of anilines is 3. The number of hydrogen-bond donors (Lipinski definition) is 3. The normalized spacial score (nSPS) is 12.5. The van der Waals surface area contributed by atoms with Gasteiger partial charge >= 0.3 is 0 Å². The number of rotatable bonds is 14. The van der Waals surface area contributed by atoms with E-state index in [1.165, 1.54) is 36.4 Å². The molecule has 4 rings (SSSR count). The van der Waals surface area contributed by atoms with E-state index in [1.807, 2.05) is 0 Å². The summed E-state index contributed by atoms with van der Waals surface area (Å²) in [4.78, 5) is 11.6. The quantitative estimate of drug-likeness (QED) is 0.117. The zero-order valence-corrected chi connectivity index (χ0v) is 28.8. The maximum absolute atomic E-state index is 12.3. The molecule has 1 aromatic heterocycles. The standard InChI is InChI=1S/C27H24ClN7O10S4/c1-4-46(37,38)15-35(16-47(39,40)5-2)27-31-25(28)30-26(32-27)29-18-10-11-21-17(12-18)13-22(49(43,44)45)23(24(21)36)34-33-19-8-7-9-20(14-19)48(41,42)6-3/h4-14,36H,1-3,15-16H2,(H,43,44,45)(H,29,30,31,32). The minimum Gasteiger partial charge on any atom is -0.505 e. The average molecular weight is 770 g/mol. The molecule has 0 saturated heterocycles. The Hall–Kier alpha value is -4.80. The third-order valence-electron chi connectivity index (χ3n) is 6.27. The van der Waals surface area contributed by atoms with Crippen molar-refractivity contribution in [3.63, 3.8) is 0 Å². The number of halogens is 1. The van der Waals surface area contributed by atoms with Crippen molar-refractivity contribution in [1.29, 1.82) is 0 Å². The van der Waals surface area contributed by atoms with E-state index in [-0.39, 0.29) is 33.0 Å². The molecule has 49 heavy (non-hydrogen) atoms. The van der Waals surface area contributed by atoms with Crippen molar-refractivity contribution in [3.8, 4) is 5.75 Å². The molecule has 0 amide bonds. The fourth-order valence-electron chi connectivity index (χ4n) is 4.01. The molecule has 1 heterocycles. The lowest BCUT2D eigenvalue weighted by Crippen LogP contribution is -2.35. The Labute approximate surface area is 285 Å². The van der Waals surface area contributed by atoms with Gasteiger partial charge in [-0.1, -0.05) is 25.8 Å². The van der Waals surface area contributed by atoms with Crippen LogP contribution in [-0.2, 0) is 39.6 Å². The van der Waals surface area contributed by atoms with Crippen LogP contribution in [0.15, 0.2) is 105 Å². The third kappa shape index (κ3) is 9.01. The van der Waals surface area contributed by atoms with Crippen molar-refractivity contribution in [3.05, 3.63) is 89.8 Å². The average Bonchev–Trinajstić information content (AvgIpc) is 3.03. The van der Waals surface area contributed by atoms with E-state index >= 15 is 0 Å². The number of phenols is 1. The van der Waals surface area contributed by atoms with Crippen LogP contribution in [0.25, 0.3) is 10.8 Å². The van der Waals surface area contributed by atoms with E-state index in [0.29, 0.717) is 10.8 Å². The van der Waals surface area contributed by atoms with Crippen LogP contribution < -0.4 is 10.2 Å². The van der Waals surface area contributed by atoms with Crippen LogP contribution in [0.1, 0.15) is 0 Å². The van der Waals surface area contributed by atoms with Crippen LogP contribution in [0.5, 0.6) is 5.75 Å². The molecule has 3 aromatic carbocycles. The predicted molar refractivity (Wildman–Crippen MR) is 182 cm³/mol. The molecule has 0 radical (unpaired) electrons. The highest BCUT2D eigenvalue weighted by molar-refractivity contribution is 7.95. The number of hydrogen-bond acceptors (Lipinski definition) is 16. The van der Waals surface area contributed by atoms with E-state index < -0.39 is 78.9 Å². The Morgan fingerprint density at radius 1 is 0.837 bits per heavy atom. The molecule has 258 valence electrons. The van der Waals surface area contributed by atoms with Gasteiger partial charge in [0.25, 0.3) is 10.1 Å². The van der Waals surface area contributed by atoms with E-state index in [4.69, 9.17) is 11.6 Å². The first-order chi connectivity index (χ1) is 22.8. The summed E-state index contributed by atoms with van der Waals surface area (Å²) < 4.78 is 108. The second-order valence-corrected chi connectivity index (χ2v) is 17.2. The Morgan fingerprint density at radius 2 is 1.49 bits per heavy atom. The van der Waals surface area contributed by atoms with Crippen molar-refractivity contribution in [1.82, 2.24) is 15.0 Å². The highest BCUT2D eigenvalue weighted by Crippen LogP contribution is 2.42. The number of aromatic hydroxyl groups is 1. The number of sulfone groups is 3. The summed E-state index contributed by atoms with van der Waals surface area (Å²) in [6, 6.07) is 10.2. The zero-order valence-electron chi connectivity index (χ0n) is 24.7. The topological polar surface area (TPSA) is 256 Å². The van der Waals surface area contributed by atoms with Crippen molar-refractivity contribution >= 4 is 91.0 Å². The molecule has 4 aromatic rings. The van der Waals surface area contributed by atoms with Gasteiger partial charge in [-0.2, -0.15) is 28.5 Å². The van der Waals surface area contributed by atoms with Gasteiger partial charge in [0.05, 0.1) is 10.6 Å². The smallest absolute Gasteiger partial charge is 0.296 e. The number of aromatic nitrogens is 3. The first-order valence-corrected chi connectivity index (χ1v) is 19.9. The van der Waals surface area contributed by atoms with Crippen LogP contribution in [0.3, 0.4) is 0 Å². The van der Waals surface area contributed by atoms with Gasteiger partial charge in [0.15, 0.2) is 35.3 Å². The zero-order chi connectivity index (χ0) is 36.4. The Balaban J connectivity index is 1.76. The highest BCUT2D eigenvalue weighted by atomic mass is 35.5. The first-order valence-electron chi connectivity index (χ1n) is 13.1. The molecule has 0 fully saturated rings. The molecule has 17 nitrogen and oxygen atoms in total. The summed E-state index contributed by atoms with van der Waals surface area (Å²) in [7, 11) is -16.9. The monoisotopic (exact) mass is 769 g/mol. The second kappa shape index (κ2) is 14.0. The highest BCUT2D eigenvalue weighted by Gasteiger charge is 2.25. The number of benzene rings is 3. The van der Waals surface area contributed by atoms with Crippen LogP contribution in [0.4, 0.5) is 29.0 Å². The molecular formula is C27H24ClN7O10S4. The maximum atomic E-state index is 12.3. The SMILES string of the molecule is C=CS(=O)(=O)CN(CS(=O)(=O)C=C)c1nc(Cl)nc(Nc2ccc3c(O)c(N=Nc4cccc(S(=O)(=O)C=C)c4)c(S(=O)(=O)O)cc3c2)n1. The largest absolute Gasteiger partial charge is 0.505 e. The van der Waals surface area contributed by atoms with E-state index in [2.05, 4.69) is 50.2 Å². The van der Waals surface area contributed by atoms with Crippen molar-refractivity contribution in [2.24, 2.45) is 10.2 Å².